The van der Waals surface area contributed by atoms with Crippen molar-refractivity contribution >= 4 is 17.7 Å². The summed E-state index contributed by atoms with van der Waals surface area (Å²) in [6, 6.07) is 0.0470. The van der Waals surface area contributed by atoms with Crippen molar-refractivity contribution in [1.82, 2.24) is 5.32 Å². The van der Waals surface area contributed by atoms with E-state index in [1.54, 1.807) is 11.8 Å². The fourth-order valence-electron chi connectivity index (χ4n) is 2.41. The van der Waals surface area contributed by atoms with E-state index in [4.69, 9.17) is 0 Å². The number of hydrogen-bond acceptors (Lipinski definition) is 3. The molecule has 4 heteroatoms. The van der Waals surface area contributed by atoms with Gasteiger partial charge in [0.2, 0.25) is 5.91 Å². The predicted molar refractivity (Wildman–Crippen MR) is 73.2 cm³/mol. The Bertz CT molecular complexity index is 223. The number of carbonyl (C=O) groups excluding carboxylic acids is 1. The maximum atomic E-state index is 12.1. The Morgan fingerprint density at radius 3 is 2.41 bits per heavy atom. The normalized spacial score (nSPS) is 21.6. The fourth-order valence-corrected chi connectivity index (χ4v) is 3.04. The lowest BCUT2D eigenvalue weighted by atomic mass is 9.99. The Kier molecular flexibility index (Phi) is 6.97. The van der Waals surface area contributed by atoms with Gasteiger partial charge in [-0.05, 0) is 26.0 Å². The van der Waals surface area contributed by atoms with Crippen molar-refractivity contribution in [3.8, 4) is 0 Å². The van der Waals surface area contributed by atoms with Gasteiger partial charge in [-0.1, -0.05) is 25.7 Å². The SMILES string of the molecule is CS[C@H](CO)[C@H](C)NC(=O)C1CCCCCC1. The van der Waals surface area contributed by atoms with Gasteiger partial charge in [-0.25, -0.2) is 0 Å². The lowest BCUT2D eigenvalue weighted by Gasteiger charge is -2.24. The molecule has 0 aromatic rings. The van der Waals surface area contributed by atoms with Crippen molar-refractivity contribution in [3.63, 3.8) is 0 Å². The molecule has 17 heavy (non-hydrogen) atoms. The average molecular weight is 259 g/mol. The molecule has 1 saturated carbocycles. The highest BCUT2D eigenvalue weighted by Crippen LogP contribution is 2.23. The molecule has 2 N–H and O–H groups in total. The number of hydrogen-bond donors (Lipinski definition) is 2. The zero-order valence-electron chi connectivity index (χ0n) is 10.9. The third-order valence-electron chi connectivity index (χ3n) is 3.64. The largest absolute Gasteiger partial charge is 0.395 e. The molecule has 2 atom stereocenters. The molecule has 0 aromatic heterocycles. The third-order valence-corrected chi connectivity index (χ3v) is 4.80. The first-order valence-electron chi connectivity index (χ1n) is 6.63. The molecule has 1 rings (SSSR count). The molecule has 0 bridgehead atoms. The minimum absolute atomic E-state index is 0.0470. The summed E-state index contributed by atoms with van der Waals surface area (Å²) >= 11 is 1.61. The van der Waals surface area contributed by atoms with Crippen LogP contribution in [-0.2, 0) is 4.79 Å². The van der Waals surface area contributed by atoms with Crippen molar-refractivity contribution in [2.24, 2.45) is 5.92 Å². The molecule has 0 aliphatic heterocycles. The minimum Gasteiger partial charge on any atom is -0.395 e. The van der Waals surface area contributed by atoms with Crippen LogP contribution >= 0.6 is 11.8 Å². The van der Waals surface area contributed by atoms with E-state index in [9.17, 15) is 9.90 Å². The van der Waals surface area contributed by atoms with E-state index in [-0.39, 0.29) is 29.7 Å². The third kappa shape index (κ3) is 4.88. The van der Waals surface area contributed by atoms with Crippen molar-refractivity contribution < 1.29 is 9.90 Å². The number of aliphatic hydroxyl groups is 1. The van der Waals surface area contributed by atoms with Crippen LogP contribution in [0.4, 0.5) is 0 Å². The number of carbonyl (C=O) groups is 1. The molecule has 0 unspecified atom stereocenters. The number of rotatable bonds is 5. The van der Waals surface area contributed by atoms with Gasteiger partial charge in [-0.2, -0.15) is 11.8 Å². The summed E-state index contributed by atoms with van der Waals surface area (Å²) in [6.45, 7) is 2.10. The molecular weight excluding hydrogens is 234 g/mol. The van der Waals surface area contributed by atoms with Crippen LogP contribution in [0.25, 0.3) is 0 Å². The van der Waals surface area contributed by atoms with Crippen LogP contribution < -0.4 is 5.32 Å². The molecule has 0 aromatic carbocycles. The Labute approximate surface area is 109 Å². The average Bonchev–Trinajstić information content (AvgIpc) is 2.59. The first-order chi connectivity index (χ1) is 8.19. The Morgan fingerprint density at radius 2 is 1.94 bits per heavy atom. The minimum atomic E-state index is 0.0470. The van der Waals surface area contributed by atoms with E-state index >= 15 is 0 Å². The second kappa shape index (κ2) is 7.98. The van der Waals surface area contributed by atoms with Gasteiger partial charge in [0.05, 0.1) is 6.61 Å². The topological polar surface area (TPSA) is 49.3 Å². The lowest BCUT2D eigenvalue weighted by Crippen LogP contribution is -2.43. The van der Waals surface area contributed by atoms with E-state index in [0.29, 0.717) is 0 Å². The van der Waals surface area contributed by atoms with Gasteiger partial charge in [0.15, 0.2) is 0 Å². The van der Waals surface area contributed by atoms with Gasteiger partial charge >= 0.3 is 0 Å². The zero-order chi connectivity index (χ0) is 12.7. The molecule has 1 aliphatic carbocycles. The highest BCUT2D eigenvalue weighted by Gasteiger charge is 2.23. The van der Waals surface area contributed by atoms with Gasteiger partial charge in [0.1, 0.15) is 0 Å². The number of aliphatic hydroxyl groups excluding tert-OH is 1. The predicted octanol–water partition coefficient (Wildman–Crippen LogP) is 2.19. The Hall–Kier alpha value is -0.220. The van der Waals surface area contributed by atoms with Crippen LogP contribution in [0.5, 0.6) is 0 Å². The zero-order valence-corrected chi connectivity index (χ0v) is 11.8. The first-order valence-corrected chi connectivity index (χ1v) is 7.91. The smallest absolute Gasteiger partial charge is 0.223 e. The number of thioether (sulfide) groups is 1. The lowest BCUT2D eigenvalue weighted by molar-refractivity contribution is -0.126. The van der Waals surface area contributed by atoms with Crippen molar-refractivity contribution in [1.29, 1.82) is 0 Å². The van der Waals surface area contributed by atoms with E-state index in [2.05, 4.69) is 5.32 Å². The second-order valence-corrected chi connectivity index (χ2v) is 6.02. The summed E-state index contributed by atoms with van der Waals surface area (Å²) < 4.78 is 0. The summed E-state index contributed by atoms with van der Waals surface area (Å²) in [6.07, 6.45) is 8.92. The summed E-state index contributed by atoms with van der Waals surface area (Å²) in [5, 5.41) is 12.4. The molecule has 0 radical (unpaired) electrons. The summed E-state index contributed by atoms with van der Waals surface area (Å²) in [5.41, 5.74) is 0. The molecule has 0 heterocycles. The molecule has 1 amide bonds. The highest BCUT2D eigenvalue weighted by atomic mass is 32.2. The Balaban J connectivity index is 2.41. The molecule has 0 spiro atoms. The van der Waals surface area contributed by atoms with Crippen molar-refractivity contribution in [2.75, 3.05) is 12.9 Å². The number of amides is 1. The standard InChI is InChI=1S/C13H25NO2S/c1-10(12(9-15)17-2)14-13(16)11-7-5-3-4-6-8-11/h10-12,15H,3-9H2,1-2H3,(H,14,16)/t10-,12+/m0/s1. The summed E-state index contributed by atoms with van der Waals surface area (Å²) in [7, 11) is 0. The van der Waals surface area contributed by atoms with Crippen LogP contribution in [-0.4, -0.2) is 35.2 Å². The Morgan fingerprint density at radius 1 is 1.35 bits per heavy atom. The van der Waals surface area contributed by atoms with E-state index in [1.807, 2.05) is 13.2 Å². The number of nitrogens with one attached hydrogen (secondary N) is 1. The molecule has 3 nitrogen and oxygen atoms in total. The maximum absolute atomic E-state index is 12.1. The van der Waals surface area contributed by atoms with Crippen LogP contribution in [0.3, 0.4) is 0 Å². The van der Waals surface area contributed by atoms with Crippen LogP contribution in [0.2, 0.25) is 0 Å². The van der Waals surface area contributed by atoms with Gasteiger partial charge < -0.3 is 10.4 Å². The fraction of sp³-hybridized carbons (Fsp3) is 0.923. The van der Waals surface area contributed by atoms with Crippen LogP contribution in [0.15, 0.2) is 0 Å². The van der Waals surface area contributed by atoms with Crippen molar-refractivity contribution in [3.05, 3.63) is 0 Å². The molecular formula is C13H25NO2S. The highest BCUT2D eigenvalue weighted by molar-refractivity contribution is 7.99. The molecule has 1 fully saturated rings. The van der Waals surface area contributed by atoms with Gasteiger partial charge in [0, 0.05) is 17.2 Å². The van der Waals surface area contributed by atoms with Crippen LogP contribution in [0.1, 0.15) is 45.4 Å². The van der Waals surface area contributed by atoms with Gasteiger partial charge in [-0.15, -0.1) is 0 Å². The van der Waals surface area contributed by atoms with E-state index in [1.165, 1.54) is 25.7 Å². The maximum Gasteiger partial charge on any atom is 0.223 e. The quantitative estimate of drug-likeness (QED) is 0.744. The van der Waals surface area contributed by atoms with Crippen molar-refractivity contribution in [2.45, 2.75) is 56.7 Å². The summed E-state index contributed by atoms with van der Waals surface area (Å²) in [5.74, 6) is 0.382. The summed E-state index contributed by atoms with van der Waals surface area (Å²) in [4.78, 5) is 12.1. The molecule has 0 saturated heterocycles. The molecule has 100 valence electrons. The van der Waals surface area contributed by atoms with Crippen LogP contribution in [0, 0.1) is 5.92 Å². The second-order valence-electron chi connectivity index (χ2n) is 4.94. The van der Waals surface area contributed by atoms with E-state index < -0.39 is 0 Å². The van der Waals surface area contributed by atoms with E-state index in [0.717, 1.165) is 12.8 Å². The van der Waals surface area contributed by atoms with Gasteiger partial charge in [0.25, 0.3) is 0 Å². The molecule has 1 aliphatic rings. The monoisotopic (exact) mass is 259 g/mol. The first kappa shape index (κ1) is 14.8. The van der Waals surface area contributed by atoms with Gasteiger partial charge in [-0.3, -0.25) is 4.79 Å².